The molecule has 0 heterocycles. The standard InChI is InChI=1S/C12H18F2N2O/c1-17-5-4-15-2-3-16-9-10-6-11(13)8-12(14)7-10/h6-8,15-16H,2-5,9H2,1H3. The molecule has 0 aliphatic heterocycles. The van der Waals surface area contributed by atoms with Gasteiger partial charge in [0, 0.05) is 39.4 Å². The minimum absolute atomic E-state index is 0.459. The van der Waals surface area contributed by atoms with Gasteiger partial charge in [-0.1, -0.05) is 0 Å². The summed E-state index contributed by atoms with van der Waals surface area (Å²) in [5.41, 5.74) is 0.611. The van der Waals surface area contributed by atoms with Crippen molar-refractivity contribution in [3.05, 3.63) is 35.4 Å². The first-order chi connectivity index (χ1) is 8.22. The van der Waals surface area contributed by atoms with Crippen molar-refractivity contribution < 1.29 is 13.5 Å². The molecule has 0 amide bonds. The lowest BCUT2D eigenvalue weighted by molar-refractivity contribution is 0.199. The van der Waals surface area contributed by atoms with Gasteiger partial charge in [-0.15, -0.1) is 0 Å². The smallest absolute Gasteiger partial charge is 0.126 e. The van der Waals surface area contributed by atoms with Gasteiger partial charge in [0.2, 0.25) is 0 Å². The van der Waals surface area contributed by atoms with Crippen LogP contribution < -0.4 is 10.6 Å². The molecule has 0 saturated carbocycles. The number of halogens is 2. The van der Waals surface area contributed by atoms with E-state index in [0.717, 1.165) is 25.7 Å². The predicted molar refractivity (Wildman–Crippen MR) is 62.8 cm³/mol. The molecule has 0 aliphatic rings. The van der Waals surface area contributed by atoms with Gasteiger partial charge in [-0.2, -0.15) is 0 Å². The molecule has 0 aromatic heterocycles. The summed E-state index contributed by atoms with van der Waals surface area (Å²) >= 11 is 0. The van der Waals surface area contributed by atoms with E-state index in [1.165, 1.54) is 12.1 Å². The number of methoxy groups -OCH3 is 1. The summed E-state index contributed by atoms with van der Waals surface area (Å²) in [6.07, 6.45) is 0. The molecule has 0 fully saturated rings. The van der Waals surface area contributed by atoms with Crippen LogP contribution in [-0.2, 0) is 11.3 Å². The van der Waals surface area contributed by atoms with Crippen molar-refractivity contribution in [1.29, 1.82) is 0 Å². The molecule has 96 valence electrons. The summed E-state index contributed by atoms with van der Waals surface area (Å²) in [5, 5.41) is 6.26. The number of hydrogen-bond acceptors (Lipinski definition) is 3. The van der Waals surface area contributed by atoms with E-state index in [1.807, 2.05) is 0 Å². The fourth-order valence-electron chi connectivity index (χ4n) is 1.42. The average molecular weight is 244 g/mol. The Morgan fingerprint density at radius 3 is 2.29 bits per heavy atom. The lowest BCUT2D eigenvalue weighted by atomic mass is 10.2. The van der Waals surface area contributed by atoms with Crippen molar-refractivity contribution >= 4 is 0 Å². The summed E-state index contributed by atoms with van der Waals surface area (Å²) < 4.78 is 30.6. The average Bonchev–Trinajstić information content (AvgIpc) is 2.26. The molecule has 2 N–H and O–H groups in total. The Labute approximate surface area is 100 Å². The van der Waals surface area contributed by atoms with Crippen molar-refractivity contribution in [2.24, 2.45) is 0 Å². The van der Waals surface area contributed by atoms with Crippen molar-refractivity contribution in [3.8, 4) is 0 Å². The van der Waals surface area contributed by atoms with E-state index in [1.54, 1.807) is 7.11 Å². The zero-order chi connectivity index (χ0) is 12.5. The summed E-state index contributed by atoms with van der Waals surface area (Å²) in [7, 11) is 1.65. The van der Waals surface area contributed by atoms with Gasteiger partial charge in [0.1, 0.15) is 11.6 Å². The highest BCUT2D eigenvalue weighted by Crippen LogP contribution is 2.07. The number of nitrogens with one attached hydrogen (secondary N) is 2. The van der Waals surface area contributed by atoms with E-state index in [-0.39, 0.29) is 0 Å². The van der Waals surface area contributed by atoms with Gasteiger partial charge in [0.15, 0.2) is 0 Å². The van der Waals surface area contributed by atoms with E-state index >= 15 is 0 Å². The molecule has 1 aromatic carbocycles. The van der Waals surface area contributed by atoms with Crippen LogP contribution in [0.15, 0.2) is 18.2 Å². The molecule has 17 heavy (non-hydrogen) atoms. The van der Waals surface area contributed by atoms with E-state index in [9.17, 15) is 8.78 Å². The van der Waals surface area contributed by atoms with Gasteiger partial charge in [-0.3, -0.25) is 0 Å². The van der Waals surface area contributed by atoms with Crippen LogP contribution in [0.3, 0.4) is 0 Å². The lowest BCUT2D eigenvalue weighted by Gasteiger charge is -2.06. The number of hydrogen-bond donors (Lipinski definition) is 2. The fourth-order valence-corrected chi connectivity index (χ4v) is 1.42. The summed E-state index contributed by atoms with van der Waals surface area (Å²) in [5.74, 6) is -1.08. The van der Waals surface area contributed by atoms with E-state index in [0.29, 0.717) is 18.7 Å². The van der Waals surface area contributed by atoms with Gasteiger partial charge >= 0.3 is 0 Å². The summed E-state index contributed by atoms with van der Waals surface area (Å²) in [4.78, 5) is 0. The van der Waals surface area contributed by atoms with Gasteiger partial charge in [0.25, 0.3) is 0 Å². The molecule has 0 saturated heterocycles. The highest BCUT2D eigenvalue weighted by atomic mass is 19.1. The monoisotopic (exact) mass is 244 g/mol. The third kappa shape index (κ3) is 6.31. The first-order valence-corrected chi connectivity index (χ1v) is 5.57. The number of rotatable bonds is 8. The normalized spacial score (nSPS) is 10.8. The maximum atomic E-state index is 12.8. The molecule has 3 nitrogen and oxygen atoms in total. The predicted octanol–water partition coefficient (Wildman–Crippen LogP) is 1.29. The SMILES string of the molecule is COCCNCCNCc1cc(F)cc(F)c1. The Balaban J connectivity index is 2.13. The molecule has 0 unspecified atom stereocenters. The highest BCUT2D eigenvalue weighted by molar-refractivity contribution is 5.17. The van der Waals surface area contributed by atoms with Crippen molar-refractivity contribution in [2.45, 2.75) is 6.54 Å². The number of benzene rings is 1. The summed E-state index contributed by atoms with van der Waals surface area (Å²) in [6, 6.07) is 3.53. The van der Waals surface area contributed by atoms with Crippen LogP contribution >= 0.6 is 0 Å². The highest BCUT2D eigenvalue weighted by Gasteiger charge is 1.99. The molecule has 1 aromatic rings. The largest absolute Gasteiger partial charge is 0.383 e. The van der Waals surface area contributed by atoms with Crippen LogP contribution in [0.25, 0.3) is 0 Å². The second-order valence-corrected chi connectivity index (χ2v) is 3.70. The van der Waals surface area contributed by atoms with Crippen LogP contribution in [-0.4, -0.2) is 33.4 Å². The molecule has 0 spiro atoms. The lowest BCUT2D eigenvalue weighted by Crippen LogP contribution is -2.29. The van der Waals surface area contributed by atoms with Crippen molar-refractivity contribution in [3.63, 3.8) is 0 Å². The zero-order valence-corrected chi connectivity index (χ0v) is 9.93. The molecular weight excluding hydrogens is 226 g/mol. The molecule has 0 atom stereocenters. The molecule has 1 rings (SSSR count). The van der Waals surface area contributed by atoms with Crippen molar-refractivity contribution in [2.75, 3.05) is 33.4 Å². The third-order valence-electron chi connectivity index (χ3n) is 2.21. The van der Waals surface area contributed by atoms with E-state index in [4.69, 9.17) is 4.74 Å². The van der Waals surface area contributed by atoms with Crippen LogP contribution in [0.5, 0.6) is 0 Å². The molecule has 0 radical (unpaired) electrons. The van der Waals surface area contributed by atoms with Gasteiger partial charge in [0.05, 0.1) is 6.61 Å². The van der Waals surface area contributed by atoms with Gasteiger partial charge < -0.3 is 15.4 Å². The Kier molecular flexibility index (Phi) is 6.69. The molecule has 5 heteroatoms. The first-order valence-electron chi connectivity index (χ1n) is 5.57. The van der Waals surface area contributed by atoms with Crippen LogP contribution in [0, 0.1) is 11.6 Å². The minimum atomic E-state index is -0.542. The first kappa shape index (κ1) is 14.0. The molecular formula is C12H18F2N2O. The third-order valence-corrected chi connectivity index (χ3v) is 2.21. The Morgan fingerprint density at radius 2 is 1.65 bits per heavy atom. The van der Waals surface area contributed by atoms with Gasteiger partial charge in [-0.05, 0) is 17.7 Å². The van der Waals surface area contributed by atoms with Crippen LogP contribution in [0.4, 0.5) is 8.78 Å². The maximum Gasteiger partial charge on any atom is 0.126 e. The Bertz CT molecular complexity index is 314. The Hall–Kier alpha value is -1.04. The summed E-state index contributed by atoms with van der Waals surface area (Å²) in [6.45, 7) is 3.46. The quantitative estimate of drug-likeness (QED) is 0.676. The zero-order valence-electron chi connectivity index (χ0n) is 9.93. The topological polar surface area (TPSA) is 33.3 Å². The molecule has 0 bridgehead atoms. The molecule has 0 aliphatic carbocycles. The maximum absolute atomic E-state index is 12.8. The van der Waals surface area contributed by atoms with Gasteiger partial charge in [-0.25, -0.2) is 8.78 Å². The minimum Gasteiger partial charge on any atom is -0.383 e. The van der Waals surface area contributed by atoms with Crippen molar-refractivity contribution in [1.82, 2.24) is 10.6 Å². The van der Waals surface area contributed by atoms with E-state index < -0.39 is 11.6 Å². The van der Waals surface area contributed by atoms with Crippen LogP contribution in [0.2, 0.25) is 0 Å². The second kappa shape index (κ2) is 8.11. The Morgan fingerprint density at radius 1 is 1.00 bits per heavy atom. The van der Waals surface area contributed by atoms with E-state index in [2.05, 4.69) is 10.6 Å². The van der Waals surface area contributed by atoms with Crippen LogP contribution in [0.1, 0.15) is 5.56 Å². The number of ether oxygens (including phenoxy) is 1. The fraction of sp³-hybridized carbons (Fsp3) is 0.500. The second-order valence-electron chi connectivity index (χ2n) is 3.70.